The zero-order chi connectivity index (χ0) is 28.6. The summed E-state index contributed by atoms with van der Waals surface area (Å²) in [6.45, 7) is 15.3. The van der Waals surface area contributed by atoms with Crippen LogP contribution in [0.2, 0.25) is 0 Å². The summed E-state index contributed by atoms with van der Waals surface area (Å²) in [5.74, 6) is 0.0289. The van der Waals surface area contributed by atoms with Gasteiger partial charge in [0.1, 0.15) is 17.7 Å². The molecule has 0 saturated heterocycles. The number of hydrogen-bond acceptors (Lipinski definition) is 5. The zero-order valence-electron chi connectivity index (χ0n) is 24.2. The van der Waals surface area contributed by atoms with Crippen LogP contribution < -0.4 is 10.6 Å². The van der Waals surface area contributed by atoms with E-state index in [0.717, 1.165) is 27.9 Å². The minimum Gasteiger partial charge on any atom is -0.444 e. The van der Waals surface area contributed by atoms with E-state index in [9.17, 15) is 14.4 Å². The molecule has 3 amide bonds. The highest BCUT2D eigenvalue weighted by Crippen LogP contribution is 2.28. The highest BCUT2D eigenvalue weighted by molar-refractivity contribution is 7.98. The number of benzene rings is 2. The Bertz CT molecular complexity index is 1120. The molecule has 0 radical (unpaired) electrons. The summed E-state index contributed by atoms with van der Waals surface area (Å²) in [5, 5.41) is 5.85. The summed E-state index contributed by atoms with van der Waals surface area (Å²) in [5.41, 5.74) is 4.76. The number of rotatable bonds is 10. The van der Waals surface area contributed by atoms with Crippen molar-refractivity contribution in [3.05, 3.63) is 64.2 Å². The third-order valence-electron chi connectivity index (χ3n) is 6.36. The number of aryl methyl sites for hydroxylation is 4. The van der Waals surface area contributed by atoms with Crippen LogP contribution in [0.25, 0.3) is 0 Å². The molecule has 2 rings (SSSR count). The molecule has 8 heteroatoms. The van der Waals surface area contributed by atoms with Crippen molar-refractivity contribution in [1.29, 1.82) is 0 Å². The first-order valence-corrected chi connectivity index (χ1v) is 14.4. The van der Waals surface area contributed by atoms with Crippen molar-refractivity contribution in [3.63, 3.8) is 0 Å². The minimum absolute atomic E-state index is 0.280. The molecule has 0 aliphatic rings. The van der Waals surface area contributed by atoms with Gasteiger partial charge in [-0.1, -0.05) is 36.4 Å². The molecular weight excluding hydrogens is 498 g/mol. The van der Waals surface area contributed by atoms with Crippen LogP contribution in [0.4, 0.5) is 10.5 Å². The van der Waals surface area contributed by atoms with Crippen molar-refractivity contribution >= 4 is 35.4 Å². The number of thioether (sulfide) groups is 1. The Morgan fingerprint density at radius 3 is 2.13 bits per heavy atom. The van der Waals surface area contributed by atoms with Crippen LogP contribution in [0.1, 0.15) is 68.0 Å². The van der Waals surface area contributed by atoms with Crippen LogP contribution >= 0.6 is 11.8 Å². The number of nitrogens with zero attached hydrogens (tertiary/aromatic N) is 1. The van der Waals surface area contributed by atoms with Gasteiger partial charge >= 0.3 is 6.09 Å². The van der Waals surface area contributed by atoms with Gasteiger partial charge in [0, 0.05) is 12.2 Å². The van der Waals surface area contributed by atoms with Crippen LogP contribution in [0.3, 0.4) is 0 Å². The second-order valence-electron chi connectivity index (χ2n) is 10.6. The number of para-hydroxylation sites is 1. The second-order valence-corrected chi connectivity index (χ2v) is 11.6. The van der Waals surface area contributed by atoms with Crippen LogP contribution in [0.5, 0.6) is 0 Å². The number of carbonyl (C=O) groups is 3. The van der Waals surface area contributed by atoms with E-state index in [4.69, 9.17) is 4.74 Å². The molecule has 2 aromatic rings. The van der Waals surface area contributed by atoms with Crippen LogP contribution in [0, 0.1) is 27.7 Å². The average Bonchev–Trinajstić information content (AvgIpc) is 2.82. The maximum atomic E-state index is 14.0. The molecule has 0 aliphatic heterocycles. The highest BCUT2D eigenvalue weighted by atomic mass is 32.2. The van der Waals surface area contributed by atoms with E-state index in [-0.39, 0.29) is 18.4 Å². The lowest BCUT2D eigenvalue weighted by molar-refractivity contribution is -0.140. The summed E-state index contributed by atoms with van der Waals surface area (Å²) < 4.78 is 5.43. The van der Waals surface area contributed by atoms with Crippen molar-refractivity contribution in [2.24, 2.45) is 0 Å². The monoisotopic (exact) mass is 541 g/mol. The van der Waals surface area contributed by atoms with Gasteiger partial charge in [0.2, 0.25) is 5.91 Å². The maximum absolute atomic E-state index is 14.0. The van der Waals surface area contributed by atoms with Gasteiger partial charge in [0.25, 0.3) is 5.91 Å². The molecule has 2 atom stereocenters. The fourth-order valence-electron chi connectivity index (χ4n) is 4.22. The van der Waals surface area contributed by atoms with E-state index in [1.54, 1.807) is 37.4 Å². The molecule has 2 unspecified atom stereocenters. The molecule has 0 saturated carbocycles. The molecule has 0 aliphatic carbocycles. The Hall–Kier alpha value is -3.00. The molecule has 7 nitrogen and oxygen atoms in total. The Morgan fingerprint density at radius 2 is 1.61 bits per heavy atom. The fourth-order valence-corrected chi connectivity index (χ4v) is 4.69. The van der Waals surface area contributed by atoms with Gasteiger partial charge in [-0.05, 0) is 102 Å². The van der Waals surface area contributed by atoms with Gasteiger partial charge in [-0.3, -0.25) is 9.59 Å². The average molecular weight is 542 g/mol. The van der Waals surface area contributed by atoms with Crippen molar-refractivity contribution in [1.82, 2.24) is 10.2 Å². The first-order valence-electron chi connectivity index (χ1n) is 13.0. The minimum atomic E-state index is -0.886. The lowest BCUT2D eigenvalue weighted by atomic mass is 9.97. The second kappa shape index (κ2) is 13.7. The molecule has 0 fully saturated rings. The number of anilines is 1. The Labute approximate surface area is 232 Å². The van der Waals surface area contributed by atoms with E-state index in [2.05, 4.69) is 10.6 Å². The summed E-state index contributed by atoms with van der Waals surface area (Å²) >= 11 is 1.58. The van der Waals surface area contributed by atoms with Crippen LogP contribution in [-0.4, -0.2) is 53.0 Å². The van der Waals surface area contributed by atoms with E-state index in [0.29, 0.717) is 17.7 Å². The third-order valence-corrected chi connectivity index (χ3v) is 7.00. The number of likely N-dealkylation sites (N-methyl/N-ethyl adjacent to an activating group) is 1. The van der Waals surface area contributed by atoms with Gasteiger partial charge in [-0.25, -0.2) is 4.79 Å². The Morgan fingerprint density at radius 1 is 0.974 bits per heavy atom. The van der Waals surface area contributed by atoms with Crippen molar-refractivity contribution in [2.45, 2.75) is 79.5 Å². The topological polar surface area (TPSA) is 87.7 Å². The van der Waals surface area contributed by atoms with E-state index < -0.39 is 23.8 Å². The lowest BCUT2D eigenvalue weighted by Crippen LogP contribution is -2.52. The smallest absolute Gasteiger partial charge is 0.408 e. The van der Waals surface area contributed by atoms with Gasteiger partial charge in [0.05, 0.1) is 0 Å². The molecule has 0 aromatic heterocycles. The number of amides is 3. The van der Waals surface area contributed by atoms with Crippen molar-refractivity contribution in [3.8, 4) is 0 Å². The molecule has 0 bridgehead atoms. The number of carbonyl (C=O) groups excluding carboxylic acids is 3. The van der Waals surface area contributed by atoms with Crippen LogP contribution in [-0.2, 0) is 14.3 Å². The number of hydrogen-bond donors (Lipinski definition) is 2. The Balaban J connectivity index is 2.51. The third kappa shape index (κ3) is 8.51. The predicted molar refractivity (Wildman–Crippen MR) is 157 cm³/mol. The summed E-state index contributed by atoms with van der Waals surface area (Å²) in [7, 11) is 0. The first-order chi connectivity index (χ1) is 17.8. The normalized spacial score (nSPS) is 12.9. The summed E-state index contributed by atoms with van der Waals surface area (Å²) in [6.07, 6.45) is 1.70. The molecule has 208 valence electrons. The predicted octanol–water partition coefficient (Wildman–Crippen LogP) is 6.09. The first kappa shape index (κ1) is 31.2. The zero-order valence-corrected chi connectivity index (χ0v) is 25.0. The quantitative estimate of drug-likeness (QED) is 0.380. The largest absolute Gasteiger partial charge is 0.444 e. The van der Waals surface area contributed by atoms with E-state index >= 15 is 0 Å². The van der Waals surface area contributed by atoms with E-state index in [1.807, 2.05) is 77.3 Å². The maximum Gasteiger partial charge on any atom is 0.408 e. The van der Waals surface area contributed by atoms with Gasteiger partial charge in [-0.2, -0.15) is 11.8 Å². The van der Waals surface area contributed by atoms with Gasteiger partial charge in [0.15, 0.2) is 0 Å². The molecular formula is C30H43N3O4S. The molecule has 0 spiro atoms. The molecule has 38 heavy (non-hydrogen) atoms. The van der Waals surface area contributed by atoms with Crippen LogP contribution in [0.15, 0.2) is 36.4 Å². The van der Waals surface area contributed by atoms with Crippen molar-refractivity contribution < 1.29 is 19.1 Å². The summed E-state index contributed by atoms with van der Waals surface area (Å²) in [6, 6.07) is 9.93. The molecule has 0 heterocycles. The lowest BCUT2D eigenvalue weighted by Gasteiger charge is -2.34. The summed E-state index contributed by atoms with van der Waals surface area (Å²) in [4.78, 5) is 42.1. The Kier molecular flexibility index (Phi) is 11.2. The SMILES string of the molecule is CCN(C(=O)C(CCSC)NC(=O)OC(C)(C)C)C(C(=O)Nc1c(C)cccc1C)c1ccc(C)c(C)c1. The van der Waals surface area contributed by atoms with E-state index in [1.165, 1.54) is 0 Å². The van der Waals surface area contributed by atoms with Gasteiger partial charge < -0.3 is 20.3 Å². The standard InChI is InChI=1S/C30H43N3O4S/c1-10-33(28(35)24(16-17-38-9)31-29(36)37-30(6,7)8)26(23-15-14-19(2)22(5)18-23)27(34)32-25-20(3)12-11-13-21(25)4/h11-15,18,24,26H,10,16-17H2,1-9H3,(H,31,36)(H,32,34). The number of ether oxygens (including phenoxy) is 1. The fraction of sp³-hybridized carbons (Fsp3) is 0.500. The van der Waals surface area contributed by atoms with Gasteiger partial charge in [-0.15, -0.1) is 0 Å². The van der Waals surface area contributed by atoms with Crippen molar-refractivity contribution in [2.75, 3.05) is 23.9 Å². The number of alkyl carbamates (subject to hydrolysis) is 1. The highest BCUT2D eigenvalue weighted by Gasteiger charge is 2.35. The molecule has 2 N–H and O–H groups in total. The number of nitrogens with one attached hydrogen (secondary N) is 2. The molecule has 2 aromatic carbocycles.